The van der Waals surface area contributed by atoms with Crippen molar-refractivity contribution in [1.82, 2.24) is 5.32 Å². The maximum atomic E-state index is 12.0. The molecule has 0 radical (unpaired) electrons. The van der Waals surface area contributed by atoms with Crippen LogP contribution < -0.4 is 5.32 Å². The summed E-state index contributed by atoms with van der Waals surface area (Å²) in [7, 11) is 0. The molecule has 94 valence electrons. The summed E-state index contributed by atoms with van der Waals surface area (Å²) in [6.07, 6.45) is 6.20. The number of carbonyl (C=O) groups is 1. The van der Waals surface area contributed by atoms with Crippen LogP contribution in [-0.4, -0.2) is 5.91 Å². The smallest absolute Gasteiger partial charge is 0.287 e. The average molecular weight is 245 g/mol. The number of furan rings is 2. The van der Waals surface area contributed by atoms with E-state index in [9.17, 15) is 4.79 Å². The van der Waals surface area contributed by atoms with Gasteiger partial charge in [0.25, 0.3) is 5.91 Å². The lowest BCUT2D eigenvalue weighted by Crippen LogP contribution is -2.30. The van der Waals surface area contributed by atoms with E-state index in [1.807, 2.05) is 6.92 Å². The number of rotatable bonds is 2. The van der Waals surface area contributed by atoms with Gasteiger partial charge in [-0.25, -0.2) is 0 Å². The van der Waals surface area contributed by atoms with Gasteiger partial charge >= 0.3 is 0 Å². The van der Waals surface area contributed by atoms with Crippen molar-refractivity contribution in [2.45, 2.75) is 32.2 Å². The largest absolute Gasteiger partial charge is 0.469 e. The number of amides is 1. The first-order valence-corrected chi connectivity index (χ1v) is 6.17. The van der Waals surface area contributed by atoms with Gasteiger partial charge in [-0.1, -0.05) is 0 Å². The molecule has 1 aliphatic rings. The van der Waals surface area contributed by atoms with Crippen LogP contribution >= 0.6 is 0 Å². The molecule has 2 aromatic heterocycles. The Morgan fingerprint density at radius 2 is 2.33 bits per heavy atom. The van der Waals surface area contributed by atoms with Crippen LogP contribution in [0.2, 0.25) is 0 Å². The Morgan fingerprint density at radius 3 is 3.11 bits per heavy atom. The molecule has 1 aliphatic carbocycles. The summed E-state index contributed by atoms with van der Waals surface area (Å²) in [5, 5.41) is 3.01. The molecule has 4 nitrogen and oxygen atoms in total. The second kappa shape index (κ2) is 4.37. The minimum absolute atomic E-state index is 0.0325. The zero-order valence-electron chi connectivity index (χ0n) is 10.2. The third-order valence-corrected chi connectivity index (χ3v) is 3.40. The van der Waals surface area contributed by atoms with Crippen LogP contribution in [0.3, 0.4) is 0 Å². The minimum atomic E-state index is -0.168. The molecule has 1 atom stereocenters. The number of nitrogens with one attached hydrogen (secondary N) is 1. The van der Waals surface area contributed by atoms with Gasteiger partial charge in [0.1, 0.15) is 5.76 Å². The van der Waals surface area contributed by atoms with Crippen LogP contribution in [0.4, 0.5) is 0 Å². The van der Waals surface area contributed by atoms with E-state index >= 15 is 0 Å². The van der Waals surface area contributed by atoms with E-state index in [4.69, 9.17) is 8.83 Å². The normalized spacial score (nSPS) is 18.4. The highest BCUT2D eigenvalue weighted by Crippen LogP contribution is 2.33. The van der Waals surface area contributed by atoms with E-state index in [2.05, 4.69) is 5.32 Å². The third-order valence-electron chi connectivity index (χ3n) is 3.40. The lowest BCUT2D eigenvalue weighted by Gasteiger charge is -2.23. The molecule has 0 aliphatic heterocycles. The van der Waals surface area contributed by atoms with E-state index in [0.717, 1.165) is 36.1 Å². The summed E-state index contributed by atoms with van der Waals surface area (Å²) >= 11 is 0. The van der Waals surface area contributed by atoms with Gasteiger partial charge in [-0.15, -0.1) is 0 Å². The number of hydrogen-bond donors (Lipinski definition) is 1. The summed E-state index contributed by atoms with van der Waals surface area (Å²) in [5.41, 5.74) is 2.25. The lowest BCUT2D eigenvalue weighted by molar-refractivity contribution is 0.0904. The molecule has 0 aromatic carbocycles. The van der Waals surface area contributed by atoms with Crippen LogP contribution in [0.25, 0.3) is 0 Å². The van der Waals surface area contributed by atoms with E-state index < -0.39 is 0 Å². The van der Waals surface area contributed by atoms with Gasteiger partial charge in [0.2, 0.25) is 0 Å². The van der Waals surface area contributed by atoms with Gasteiger partial charge in [0.15, 0.2) is 5.76 Å². The number of fused-ring (bicyclic) bond motifs is 1. The Labute approximate surface area is 105 Å². The molecule has 18 heavy (non-hydrogen) atoms. The fourth-order valence-electron chi connectivity index (χ4n) is 2.56. The van der Waals surface area contributed by atoms with Crippen molar-refractivity contribution in [2.75, 3.05) is 0 Å². The summed E-state index contributed by atoms with van der Waals surface area (Å²) < 4.78 is 10.6. The second-order valence-electron chi connectivity index (χ2n) is 4.65. The van der Waals surface area contributed by atoms with Crippen molar-refractivity contribution in [3.8, 4) is 0 Å². The Hall–Kier alpha value is -1.97. The van der Waals surface area contributed by atoms with Gasteiger partial charge in [-0.2, -0.15) is 0 Å². The summed E-state index contributed by atoms with van der Waals surface area (Å²) in [4.78, 5) is 12.0. The van der Waals surface area contributed by atoms with E-state index in [1.54, 1.807) is 18.4 Å². The lowest BCUT2D eigenvalue weighted by atomic mass is 9.91. The standard InChI is InChI=1S/C14H15NO3/c1-9-8-18-11-5-2-4-10(13(9)11)15-14(16)12-6-3-7-17-12/h3,6-8,10H,2,4-5H2,1H3,(H,15,16). The maximum absolute atomic E-state index is 12.0. The van der Waals surface area contributed by atoms with Crippen LogP contribution in [0, 0.1) is 6.92 Å². The van der Waals surface area contributed by atoms with E-state index in [0.29, 0.717) is 5.76 Å². The first kappa shape index (κ1) is 11.1. The average Bonchev–Trinajstić information content (AvgIpc) is 3.00. The number of carbonyl (C=O) groups excluding carboxylic acids is 1. The second-order valence-corrected chi connectivity index (χ2v) is 4.65. The molecule has 0 saturated carbocycles. The number of aryl methyl sites for hydroxylation is 2. The van der Waals surface area contributed by atoms with Crippen LogP contribution in [0.15, 0.2) is 33.5 Å². The van der Waals surface area contributed by atoms with Crippen molar-refractivity contribution in [1.29, 1.82) is 0 Å². The van der Waals surface area contributed by atoms with Crippen molar-refractivity contribution in [3.05, 3.63) is 47.3 Å². The molecule has 1 N–H and O–H groups in total. The quantitative estimate of drug-likeness (QED) is 0.884. The molecule has 0 fully saturated rings. The van der Waals surface area contributed by atoms with E-state index in [-0.39, 0.29) is 11.9 Å². The zero-order chi connectivity index (χ0) is 12.5. The van der Waals surface area contributed by atoms with Gasteiger partial charge in [-0.3, -0.25) is 4.79 Å². The predicted octanol–water partition coefficient (Wildman–Crippen LogP) is 2.99. The van der Waals surface area contributed by atoms with Gasteiger partial charge in [0.05, 0.1) is 18.6 Å². The van der Waals surface area contributed by atoms with Crippen LogP contribution in [0.1, 0.15) is 46.3 Å². The summed E-state index contributed by atoms with van der Waals surface area (Å²) in [6, 6.07) is 3.41. The topological polar surface area (TPSA) is 55.4 Å². The van der Waals surface area contributed by atoms with Crippen molar-refractivity contribution >= 4 is 5.91 Å². The third kappa shape index (κ3) is 1.83. The van der Waals surface area contributed by atoms with Crippen LogP contribution in [0.5, 0.6) is 0 Å². The Bertz CT molecular complexity index is 554. The highest BCUT2D eigenvalue weighted by atomic mass is 16.3. The Morgan fingerprint density at radius 1 is 1.44 bits per heavy atom. The van der Waals surface area contributed by atoms with Crippen molar-refractivity contribution < 1.29 is 13.6 Å². The molecule has 2 aromatic rings. The molecule has 4 heteroatoms. The summed E-state index contributed by atoms with van der Waals surface area (Å²) in [5.74, 6) is 1.19. The predicted molar refractivity (Wildman–Crippen MR) is 65.3 cm³/mol. The Kier molecular flexibility index (Phi) is 2.70. The molecule has 0 bridgehead atoms. The van der Waals surface area contributed by atoms with Crippen molar-refractivity contribution in [3.63, 3.8) is 0 Å². The molecular weight excluding hydrogens is 230 g/mol. The fraction of sp³-hybridized carbons (Fsp3) is 0.357. The zero-order valence-corrected chi connectivity index (χ0v) is 10.2. The van der Waals surface area contributed by atoms with Gasteiger partial charge < -0.3 is 14.2 Å². The molecule has 1 amide bonds. The first-order chi connectivity index (χ1) is 8.75. The molecular formula is C14H15NO3. The SMILES string of the molecule is Cc1coc2c1C(NC(=O)c1ccco1)CCC2. The van der Waals surface area contributed by atoms with Gasteiger partial charge in [0, 0.05) is 12.0 Å². The van der Waals surface area contributed by atoms with Crippen molar-refractivity contribution in [2.24, 2.45) is 0 Å². The number of hydrogen-bond acceptors (Lipinski definition) is 3. The Balaban J connectivity index is 1.82. The monoisotopic (exact) mass is 245 g/mol. The molecule has 0 saturated heterocycles. The fourth-order valence-corrected chi connectivity index (χ4v) is 2.56. The maximum Gasteiger partial charge on any atom is 0.287 e. The minimum Gasteiger partial charge on any atom is -0.469 e. The summed E-state index contributed by atoms with van der Waals surface area (Å²) in [6.45, 7) is 2.01. The van der Waals surface area contributed by atoms with Gasteiger partial charge in [-0.05, 0) is 37.5 Å². The molecule has 3 rings (SSSR count). The first-order valence-electron chi connectivity index (χ1n) is 6.17. The molecule has 2 heterocycles. The highest BCUT2D eigenvalue weighted by Gasteiger charge is 2.27. The van der Waals surface area contributed by atoms with Crippen LogP contribution in [-0.2, 0) is 6.42 Å². The molecule has 0 spiro atoms. The van der Waals surface area contributed by atoms with E-state index in [1.165, 1.54) is 6.26 Å². The molecule has 1 unspecified atom stereocenters. The highest BCUT2D eigenvalue weighted by molar-refractivity contribution is 5.91.